The lowest BCUT2D eigenvalue weighted by Gasteiger charge is -2.25. The zero-order valence-electron chi connectivity index (χ0n) is 18.9. The van der Waals surface area contributed by atoms with Crippen LogP contribution in [0.1, 0.15) is 80.3 Å². The zero-order chi connectivity index (χ0) is 21.8. The van der Waals surface area contributed by atoms with Gasteiger partial charge in [0.05, 0.1) is 18.4 Å². The molecule has 2 aromatic rings. The second kappa shape index (κ2) is 10.2. The Labute approximate surface area is 194 Å². The number of carbonyl (C=O) groups is 1. The quantitative estimate of drug-likeness (QED) is 0.483. The molecule has 1 heterocycles. The number of rotatable bonds is 6. The van der Waals surface area contributed by atoms with E-state index >= 15 is 0 Å². The lowest BCUT2D eigenvalue weighted by molar-refractivity contribution is 0.0927. The van der Waals surface area contributed by atoms with Gasteiger partial charge < -0.3 is 14.6 Å². The van der Waals surface area contributed by atoms with Gasteiger partial charge in [-0.1, -0.05) is 54.5 Å². The molecule has 1 amide bonds. The number of nitrogens with zero attached hydrogens (tertiary/aromatic N) is 1. The molecule has 0 radical (unpaired) electrons. The number of halogens is 1. The molecule has 1 aromatic heterocycles. The standard InChI is InChI=1S/C26H35BrN2O2/c1-18-22(26(30)28-21-11-7-4-8-12-21)16-24(23-15-20(27)13-14-25(23)31-2)29(18)17-19-9-5-3-6-10-19/h13-16,19,21H,3-12,17H2,1-2H3,(H,28,30). The average Bonchev–Trinajstić information content (AvgIpc) is 3.11. The van der Waals surface area contributed by atoms with Crippen molar-refractivity contribution in [3.8, 4) is 17.0 Å². The number of amides is 1. The van der Waals surface area contributed by atoms with Crippen LogP contribution in [0.5, 0.6) is 5.75 Å². The van der Waals surface area contributed by atoms with Crippen LogP contribution in [-0.4, -0.2) is 23.6 Å². The van der Waals surface area contributed by atoms with Crippen LogP contribution in [0.4, 0.5) is 0 Å². The van der Waals surface area contributed by atoms with Crippen molar-refractivity contribution < 1.29 is 9.53 Å². The van der Waals surface area contributed by atoms with Gasteiger partial charge in [0, 0.05) is 28.3 Å². The van der Waals surface area contributed by atoms with Gasteiger partial charge >= 0.3 is 0 Å². The summed E-state index contributed by atoms with van der Waals surface area (Å²) in [4.78, 5) is 13.3. The number of carbonyl (C=O) groups excluding carboxylic acids is 1. The first-order chi connectivity index (χ1) is 15.1. The molecule has 168 valence electrons. The second-order valence-corrected chi connectivity index (χ2v) is 10.2. The molecule has 0 unspecified atom stereocenters. The highest BCUT2D eigenvalue weighted by Gasteiger charge is 2.25. The van der Waals surface area contributed by atoms with E-state index in [1.54, 1.807) is 7.11 Å². The SMILES string of the molecule is COc1ccc(Br)cc1-c1cc(C(=O)NC2CCCCC2)c(C)n1CC1CCCCC1. The fourth-order valence-corrected chi connectivity index (χ4v) is 5.71. The number of ether oxygens (including phenoxy) is 1. The first-order valence-corrected chi connectivity index (χ1v) is 12.7. The maximum Gasteiger partial charge on any atom is 0.253 e. The van der Waals surface area contributed by atoms with Crippen LogP contribution in [-0.2, 0) is 6.54 Å². The molecule has 31 heavy (non-hydrogen) atoms. The highest BCUT2D eigenvalue weighted by atomic mass is 79.9. The first-order valence-electron chi connectivity index (χ1n) is 11.9. The first kappa shape index (κ1) is 22.4. The molecule has 4 rings (SSSR count). The highest BCUT2D eigenvalue weighted by Crippen LogP contribution is 2.37. The van der Waals surface area contributed by atoms with Crippen molar-refractivity contribution >= 4 is 21.8 Å². The smallest absolute Gasteiger partial charge is 0.253 e. The van der Waals surface area contributed by atoms with E-state index in [9.17, 15) is 4.79 Å². The summed E-state index contributed by atoms with van der Waals surface area (Å²) in [6, 6.07) is 8.50. The van der Waals surface area contributed by atoms with E-state index in [-0.39, 0.29) is 5.91 Å². The van der Waals surface area contributed by atoms with Crippen molar-refractivity contribution in [1.29, 1.82) is 0 Å². The Kier molecular flexibility index (Phi) is 7.42. The van der Waals surface area contributed by atoms with Crippen molar-refractivity contribution in [3.63, 3.8) is 0 Å². The van der Waals surface area contributed by atoms with E-state index in [0.717, 1.165) is 52.1 Å². The Morgan fingerprint density at radius 3 is 2.42 bits per heavy atom. The molecule has 1 aromatic carbocycles. The number of hydrogen-bond donors (Lipinski definition) is 1. The van der Waals surface area contributed by atoms with Crippen molar-refractivity contribution in [2.24, 2.45) is 5.92 Å². The molecule has 2 saturated carbocycles. The predicted octanol–water partition coefficient (Wildman–Crippen LogP) is 6.88. The summed E-state index contributed by atoms with van der Waals surface area (Å²) in [6.45, 7) is 3.07. The third kappa shape index (κ3) is 5.19. The molecule has 0 atom stereocenters. The van der Waals surface area contributed by atoms with E-state index in [4.69, 9.17) is 4.74 Å². The van der Waals surface area contributed by atoms with Crippen LogP contribution < -0.4 is 10.1 Å². The highest BCUT2D eigenvalue weighted by molar-refractivity contribution is 9.10. The van der Waals surface area contributed by atoms with E-state index in [2.05, 4.69) is 44.9 Å². The molecule has 2 aliphatic rings. The van der Waals surface area contributed by atoms with Gasteiger partial charge in [-0.2, -0.15) is 0 Å². The summed E-state index contributed by atoms with van der Waals surface area (Å²) in [6.07, 6.45) is 12.4. The fourth-order valence-electron chi connectivity index (χ4n) is 5.35. The van der Waals surface area contributed by atoms with Crippen molar-refractivity contribution in [2.45, 2.75) is 83.7 Å². The second-order valence-electron chi connectivity index (χ2n) is 9.30. The molecule has 0 spiro atoms. The van der Waals surface area contributed by atoms with Gasteiger partial charge in [0.1, 0.15) is 5.75 Å². The fraction of sp³-hybridized carbons (Fsp3) is 0.577. The van der Waals surface area contributed by atoms with Crippen molar-refractivity contribution in [2.75, 3.05) is 7.11 Å². The Morgan fingerprint density at radius 1 is 1.06 bits per heavy atom. The topological polar surface area (TPSA) is 43.3 Å². The van der Waals surface area contributed by atoms with E-state index in [1.165, 1.54) is 51.4 Å². The molecule has 2 aliphatic carbocycles. The van der Waals surface area contributed by atoms with Crippen LogP contribution in [0.25, 0.3) is 11.3 Å². The van der Waals surface area contributed by atoms with Crippen LogP contribution in [0.15, 0.2) is 28.7 Å². The van der Waals surface area contributed by atoms with Crippen LogP contribution >= 0.6 is 15.9 Å². The predicted molar refractivity (Wildman–Crippen MR) is 130 cm³/mol. The molecule has 0 saturated heterocycles. The minimum atomic E-state index is 0.0713. The third-order valence-electron chi connectivity index (χ3n) is 7.15. The normalized spacial score (nSPS) is 18.2. The van der Waals surface area contributed by atoms with Gasteiger partial charge in [-0.25, -0.2) is 0 Å². The number of methoxy groups -OCH3 is 1. The van der Waals surface area contributed by atoms with Gasteiger partial charge in [0.2, 0.25) is 0 Å². The molecular formula is C26H35BrN2O2. The summed E-state index contributed by atoms with van der Waals surface area (Å²) in [7, 11) is 1.71. The molecule has 0 aliphatic heterocycles. The molecule has 0 bridgehead atoms. The maximum atomic E-state index is 13.3. The van der Waals surface area contributed by atoms with Crippen LogP contribution in [0.3, 0.4) is 0 Å². The van der Waals surface area contributed by atoms with E-state index in [1.807, 2.05) is 12.1 Å². The molecule has 2 fully saturated rings. The van der Waals surface area contributed by atoms with Crippen LogP contribution in [0.2, 0.25) is 0 Å². The molecule has 4 nitrogen and oxygen atoms in total. The lowest BCUT2D eigenvalue weighted by atomic mass is 9.89. The number of benzene rings is 1. The van der Waals surface area contributed by atoms with Gasteiger partial charge in [0.15, 0.2) is 0 Å². The monoisotopic (exact) mass is 486 g/mol. The van der Waals surface area contributed by atoms with Crippen molar-refractivity contribution in [1.82, 2.24) is 9.88 Å². The molecule has 1 N–H and O–H groups in total. The minimum Gasteiger partial charge on any atom is -0.496 e. The zero-order valence-corrected chi connectivity index (χ0v) is 20.5. The Morgan fingerprint density at radius 2 is 1.74 bits per heavy atom. The van der Waals surface area contributed by atoms with E-state index < -0.39 is 0 Å². The Bertz CT molecular complexity index is 908. The number of hydrogen-bond acceptors (Lipinski definition) is 2. The molecular weight excluding hydrogens is 452 g/mol. The van der Waals surface area contributed by atoms with Crippen LogP contribution in [0, 0.1) is 12.8 Å². The Hall–Kier alpha value is -1.75. The summed E-state index contributed by atoms with van der Waals surface area (Å²) in [5.74, 6) is 1.58. The number of nitrogens with one attached hydrogen (secondary N) is 1. The summed E-state index contributed by atoms with van der Waals surface area (Å²) in [5.41, 5.74) is 3.98. The third-order valence-corrected chi connectivity index (χ3v) is 7.65. The Balaban J connectivity index is 1.70. The summed E-state index contributed by atoms with van der Waals surface area (Å²) in [5, 5.41) is 3.32. The summed E-state index contributed by atoms with van der Waals surface area (Å²) < 4.78 is 9.08. The minimum absolute atomic E-state index is 0.0713. The molecule has 5 heteroatoms. The van der Waals surface area contributed by atoms with Gasteiger partial charge in [-0.05, 0) is 62.8 Å². The van der Waals surface area contributed by atoms with Gasteiger partial charge in [-0.3, -0.25) is 4.79 Å². The largest absolute Gasteiger partial charge is 0.496 e. The maximum absolute atomic E-state index is 13.3. The van der Waals surface area contributed by atoms with Gasteiger partial charge in [-0.15, -0.1) is 0 Å². The lowest BCUT2D eigenvalue weighted by Crippen LogP contribution is -2.36. The van der Waals surface area contributed by atoms with Gasteiger partial charge in [0.25, 0.3) is 5.91 Å². The average molecular weight is 487 g/mol. The van der Waals surface area contributed by atoms with Crippen molar-refractivity contribution in [3.05, 3.63) is 40.0 Å². The number of aromatic nitrogens is 1. The summed E-state index contributed by atoms with van der Waals surface area (Å²) >= 11 is 3.62. The van der Waals surface area contributed by atoms with E-state index in [0.29, 0.717) is 12.0 Å².